The predicted octanol–water partition coefficient (Wildman–Crippen LogP) is 4.32. The molecule has 0 aliphatic carbocycles. The molecule has 0 unspecified atom stereocenters. The average Bonchev–Trinajstić information content (AvgIpc) is 2.23. The van der Waals surface area contributed by atoms with E-state index in [1.165, 1.54) is 0 Å². The summed E-state index contributed by atoms with van der Waals surface area (Å²) in [7, 11) is 0. The summed E-state index contributed by atoms with van der Waals surface area (Å²) in [6, 6.07) is 5.81. The molecule has 0 saturated heterocycles. The number of rotatable bonds is 1. The fraction of sp³-hybridized carbons (Fsp3) is 0. The summed E-state index contributed by atoms with van der Waals surface area (Å²) in [5.41, 5.74) is 1.62. The van der Waals surface area contributed by atoms with Crippen LogP contribution >= 0.6 is 43.5 Å². The molecule has 0 bridgehead atoms. The van der Waals surface area contributed by atoms with E-state index in [4.69, 9.17) is 11.6 Å². The number of aromatic nitrogens is 2. The minimum Gasteiger partial charge on any atom is -0.251 e. The Balaban J connectivity index is 2.55. The van der Waals surface area contributed by atoms with Crippen molar-refractivity contribution in [2.75, 3.05) is 0 Å². The Labute approximate surface area is 109 Å². The van der Waals surface area contributed by atoms with Crippen LogP contribution < -0.4 is 0 Å². The zero-order valence-corrected chi connectivity index (χ0v) is 11.3. The first-order valence-electron chi connectivity index (χ1n) is 4.10. The lowest BCUT2D eigenvalue weighted by Gasteiger charge is -2.03. The van der Waals surface area contributed by atoms with Gasteiger partial charge >= 0.3 is 0 Å². The molecule has 76 valence electrons. The fourth-order valence-corrected chi connectivity index (χ4v) is 2.00. The molecule has 2 aromatic rings. The van der Waals surface area contributed by atoms with Gasteiger partial charge in [-0.2, -0.15) is 0 Å². The number of halogens is 3. The highest BCUT2D eigenvalue weighted by Gasteiger charge is 2.06. The van der Waals surface area contributed by atoms with E-state index in [2.05, 4.69) is 41.8 Å². The molecule has 1 heterocycles. The fourth-order valence-electron chi connectivity index (χ4n) is 1.16. The Hall–Kier alpha value is -0.450. The third kappa shape index (κ3) is 2.38. The van der Waals surface area contributed by atoms with Crippen molar-refractivity contribution in [1.82, 2.24) is 9.97 Å². The molecule has 0 amide bonds. The Kier molecular flexibility index (Phi) is 3.38. The van der Waals surface area contributed by atoms with Crippen LogP contribution in [0.3, 0.4) is 0 Å². The molecular weight excluding hydrogens is 343 g/mol. The highest BCUT2D eigenvalue weighted by atomic mass is 79.9. The van der Waals surface area contributed by atoms with Crippen LogP contribution in [0.25, 0.3) is 11.3 Å². The van der Waals surface area contributed by atoms with Gasteiger partial charge < -0.3 is 0 Å². The Morgan fingerprint density at radius 2 is 1.73 bits per heavy atom. The van der Waals surface area contributed by atoms with Crippen LogP contribution in [0.4, 0.5) is 0 Å². The summed E-state index contributed by atoms with van der Waals surface area (Å²) in [5.74, 6) is 0. The standard InChI is InChI=1S/C10H5Br2ClN2/c11-7-2-1-6(5-8(7)12)9-10(13)15-4-3-14-9/h1-5H. The monoisotopic (exact) mass is 346 g/mol. The van der Waals surface area contributed by atoms with Crippen molar-refractivity contribution in [3.8, 4) is 11.3 Å². The minimum atomic E-state index is 0.409. The first kappa shape index (κ1) is 11.0. The topological polar surface area (TPSA) is 25.8 Å². The van der Waals surface area contributed by atoms with Gasteiger partial charge in [-0.15, -0.1) is 0 Å². The Bertz CT molecular complexity index is 503. The number of hydrogen-bond donors (Lipinski definition) is 0. The van der Waals surface area contributed by atoms with Crippen LogP contribution in [0.1, 0.15) is 0 Å². The van der Waals surface area contributed by atoms with Gasteiger partial charge in [0, 0.05) is 26.9 Å². The van der Waals surface area contributed by atoms with E-state index >= 15 is 0 Å². The van der Waals surface area contributed by atoms with Crippen LogP contribution in [-0.2, 0) is 0 Å². The second kappa shape index (κ2) is 4.60. The summed E-state index contributed by atoms with van der Waals surface area (Å²) in [6.45, 7) is 0. The summed E-state index contributed by atoms with van der Waals surface area (Å²) in [5, 5.41) is 0.409. The van der Waals surface area contributed by atoms with E-state index in [1.54, 1.807) is 12.4 Å². The molecule has 2 rings (SSSR count). The largest absolute Gasteiger partial charge is 0.251 e. The van der Waals surface area contributed by atoms with Crippen molar-refractivity contribution in [3.05, 3.63) is 44.7 Å². The maximum atomic E-state index is 5.95. The van der Waals surface area contributed by atoms with Gasteiger partial charge in [0.05, 0.1) is 0 Å². The lowest BCUT2D eigenvalue weighted by atomic mass is 10.2. The molecule has 0 atom stereocenters. The van der Waals surface area contributed by atoms with Crippen molar-refractivity contribution in [2.45, 2.75) is 0 Å². The van der Waals surface area contributed by atoms with Crippen molar-refractivity contribution < 1.29 is 0 Å². The van der Waals surface area contributed by atoms with E-state index in [0.29, 0.717) is 10.8 Å². The number of nitrogens with zero attached hydrogens (tertiary/aromatic N) is 2. The molecular formula is C10H5Br2ClN2. The molecule has 0 spiro atoms. The highest BCUT2D eigenvalue weighted by Crippen LogP contribution is 2.30. The third-order valence-electron chi connectivity index (χ3n) is 1.85. The summed E-state index contributed by atoms with van der Waals surface area (Å²) in [6.07, 6.45) is 3.19. The maximum absolute atomic E-state index is 5.95. The maximum Gasteiger partial charge on any atom is 0.155 e. The van der Waals surface area contributed by atoms with Crippen LogP contribution in [-0.4, -0.2) is 9.97 Å². The smallest absolute Gasteiger partial charge is 0.155 e. The van der Waals surface area contributed by atoms with E-state index in [1.807, 2.05) is 18.2 Å². The lowest BCUT2D eigenvalue weighted by molar-refractivity contribution is 1.20. The first-order valence-corrected chi connectivity index (χ1v) is 6.07. The van der Waals surface area contributed by atoms with E-state index in [0.717, 1.165) is 14.5 Å². The van der Waals surface area contributed by atoms with Gasteiger partial charge in [-0.3, -0.25) is 4.98 Å². The van der Waals surface area contributed by atoms with E-state index in [-0.39, 0.29) is 0 Å². The Morgan fingerprint density at radius 3 is 2.40 bits per heavy atom. The summed E-state index contributed by atoms with van der Waals surface area (Å²) in [4.78, 5) is 8.17. The lowest BCUT2D eigenvalue weighted by Crippen LogP contribution is -1.87. The van der Waals surface area contributed by atoms with Gasteiger partial charge in [-0.25, -0.2) is 4.98 Å². The quantitative estimate of drug-likeness (QED) is 0.767. The molecule has 5 heteroatoms. The zero-order chi connectivity index (χ0) is 10.8. The van der Waals surface area contributed by atoms with Crippen LogP contribution in [0.15, 0.2) is 39.5 Å². The van der Waals surface area contributed by atoms with Gasteiger partial charge in [-0.05, 0) is 44.0 Å². The van der Waals surface area contributed by atoms with Crippen LogP contribution in [0, 0.1) is 0 Å². The van der Waals surface area contributed by atoms with Crippen molar-refractivity contribution in [3.63, 3.8) is 0 Å². The van der Waals surface area contributed by atoms with Gasteiger partial charge in [0.2, 0.25) is 0 Å². The van der Waals surface area contributed by atoms with Gasteiger partial charge in [0.1, 0.15) is 5.69 Å². The van der Waals surface area contributed by atoms with Crippen LogP contribution in [0.5, 0.6) is 0 Å². The SMILES string of the molecule is Clc1nccnc1-c1ccc(Br)c(Br)c1. The molecule has 0 saturated carbocycles. The predicted molar refractivity (Wildman–Crippen MR) is 67.9 cm³/mol. The van der Waals surface area contributed by atoms with Gasteiger partial charge in [-0.1, -0.05) is 17.7 Å². The van der Waals surface area contributed by atoms with E-state index in [9.17, 15) is 0 Å². The molecule has 1 aromatic carbocycles. The number of hydrogen-bond acceptors (Lipinski definition) is 2. The average molecular weight is 348 g/mol. The molecule has 1 aromatic heterocycles. The van der Waals surface area contributed by atoms with Crippen molar-refractivity contribution in [2.24, 2.45) is 0 Å². The zero-order valence-electron chi connectivity index (χ0n) is 7.42. The Morgan fingerprint density at radius 1 is 1.00 bits per heavy atom. The molecule has 0 aliphatic heterocycles. The second-order valence-corrected chi connectivity index (χ2v) is 4.89. The molecule has 0 radical (unpaired) electrons. The van der Waals surface area contributed by atoms with Gasteiger partial charge in [0.15, 0.2) is 5.15 Å². The molecule has 0 fully saturated rings. The van der Waals surface area contributed by atoms with Crippen LogP contribution in [0.2, 0.25) is 5.15 Å². The highest BCUT2D eigenvalue weighted by molar-refractivity contribution is 9.13. The number of benzene rings is 1. The second-order valence-electron chi connectivity index (χ2n) is 2.82. The third-order valence-corrected chi connectivity index (χ3v) is 4.00. The summed E-state index contributed by atoms with van der Waals surface area (Å²) >= 11 is 12.8. The normalized spacial score (nSPS) is 10.3. The molecule has 0 aliphatic rings. The minimum absolute atomic E-state index is 0.409. The van der Waals surface area contributed by atoms with Crippen molar-refractivity contribution >= 4 is 43.5 Å². The molecule has 15 heavy (non-hydrogen) atoms. The summed E-state index contributed by atoms with van der Waals surface area (Å²) < 4.78 is 1.95. The first-order chi connectivity index (χ1) is 7.18. The van der Waals surface area contributed by atoms with Gasteiger partial charge in [0.25, 0.3) is 0 Å². The molecule has 0 N–H and O–H groups in total. The molecule has 2 nitrogen and oxygen atoms in total. The van der Waals surface area contributed by atoms with E-state index < -0.39 is 0 Å². The van der Waals surface area contributed by atoms with Crippen molar-refractivity contribution in [1.29, 1.82) is 0 Å².